The molecule has 0 amide bonds. The van der Waals surface area contributed by atoms with Gasteiger partial charge in [-0.1, -0.05) is 114 Å². The van der Waals surface area contributed by atoms with Crippen molar-refractivity contribution in [2.75, 3.05) is 0 Å². The van der Waals surface area contributed by atoms with E-state index in [0.717, 1.165) is 45.6 Å². The molecule has 4 heteroatoms. The molecular formula is C46H58O4. The second kappa shape index (κ2) is 16.1. The minimum atomic E-state index is -0.354. The number of carbonyl (C=O) groups is 2. The third-order valence-corrected chi connectivity index (χ3v) is 9.01. The highest BCUT2D eigenvalue weighted by atomic mass is 16.5. The second-order valence-corrected chi connectivity index (χ2v) is 16.2. The predicted molar refractivity (Wildman–Crippen MR) is 211 cm³/mol. The van der Waals surface area contributed by atoms with Crippen LogP contribution in [-0.4, -0.2) is 18.4 Å². The van der Waals surface area contributed by atoms with E-state index >= 15 is 0 Å². The monoisotopic (exact) mass is 674 g/mol. The number of hydrogen-bond acceptors (Lipinski definition) is 4. The molecule has 0 saturated heterocycles. The fourth-order valence-electron chi connectivity index (χ4n) is 6.55. The Balaban J connectivity index is 0.00000332. The van der Waals surface area contributed by atoms with Crippen LogP contribution in [0.1, 0.15) is 129 Å². The summed E-state index contributed by atoms with van der Waals surface area (Å²) in [7, 11) is 0. The van der Waals surface area contributed by atoms with E-state index in [1.54, 1.807) is 0 Å². The first-order valence-electron chi connectivity index (χ1n) is 17.6. The number of aryl methyl sites for hydroxylation is 4. The molecule has 1 atom stereocenters. The van der Waals surface area contributed by atoms with Crippen molar-refractivity contribution in [2.45, 2.75) is 113 Å². The topological polar surface area (TPSA) is 52.6 Å². The normalized spacial score (nSPS) is 13.1. The molecule has 0 aliphatic rings. The average molecular weight is 675 g/mol. The highest BCUT2D eigenvalue weighted by molar-refractivity contribution is 5.91. The largest absolute Gasteiger partial charge is 0.488 e. The van der Waals surface area contributed by atoms with Gasteiger partial charge in [-0.2, -0.15) is 0 Å². The second-order valence-electron chi connectivity index (χ2n) is 16.2. The van der Waals surface area contributed by atoms with Crippen molar-refractivity contribution in [3.63, 3.8) is 0 Å². The third kappa shape index (κ3) is 10.1. The first-order chi connectivity index (χ1) is 23.3. The summed E-state index contributed by atoms with van der Waals surface area (Å²) in [5, 5.41) is 0. The Kier molecular flexibility index (Phi) is 12.8. The first kappa shape index (κ1) is 40.0. The molecule has 4 aromatic carbocycles. The van der Waals surface area contributed by atoms with E-state index in [-0.39, 0.29) is 22.4 Å². The van der Waals surface area contributed by atoms with E-state index in [4.69, 9.17) is 14.3 Å². The van der Waals surface area contributed by atoms with E-state index in [2.05, 4.69) is 137 Å². The van der Waals surface area contributed by atoms with E-state index in [1.165, 1.54) is 16.7 Å². The zero-order chi connectivity index (χ0) is 37.6. The van der Waals surface area contributed by atoms with Gasteiger partial charge in [-0.3, -0.25) is 0 Å². The van der Waals surface area contributed by atoms with Crippen LogP contribution in [0.5, 0.6) is 11.5 Å². The van der Waals surface area contributed by atoms with E-state index in [9.17, 15) is 4.79 Å². The van der Waals surface area contributed by atoms with Gasteiger partial charge in [-0.25, -0.2) is 4.79 Å². The minimum absolute atomic E-state index is 0.132. The van der Waals surface area contributed by atoms with Gasteiger partial charge in [-0.15, -0.1) is 0 Å². The number of carbonyl (C=O) groups excluding carboxylic acids is 2. The molecule has 0 aliphatic heterocycles. The van der Waals surface area contributed by atoms with Crippen molar-refractivity contribution in [2.24, 2.45) is 5.92 Å². The Morgan fingerprint density at radius 1 is 0.640 bits per heavy atom. The van der Waals surface area contributed by atoms with Crippen LogP contribution in [0.4, 0.5) is 0 Å². The summed E-state index contributed by atoms with van der Waals surface area (Å²) in [4.78, 5) is 21.3. The fraction of sp³-hybridized carbons (Fsp3) is 0.391. The quantitative estimate of drug-likeness (QED) is 0.101. The molecule has 0 heterocycles. The van der Waals surface area contributed by atoms with Crippen molar-refractivity contribution < 1.29 is 19.1 Å². The standard InChI is InChI=1S/C45H56O3.CH2O/c1-29(2)28-45(13,39-26-32(5)41(33(6)27-39)48-44(10,11)12)38-24-30(3)40(31(4)25-38)47-42(46)36-20-16-34(17-21-36)14-15-35-18-22-37(23-19-35)43(7,8)9;1-2/h14-27,29H,28H2,1-13H3;1H2. The van der Waals surface area contributed by atoms with Gasteiger partial charge in [-0.05, 0) is 128 Å². The average Bonchev–Trinajstić information content (AvgIpc) is 3.03. The lowest BCUT2D eigenvalue weighted by Crippen LogP contribution is -2.28. The number of benzene rings is 4. The SMILES string of the molecule is C=O.Cc1cc(C(C)(CC(C)C)c2cc(C)c(OC(C)(C)C)c(C)c2)cc(C)c1OC(=O)c1ccc(C=Cc2ccc(C(C)(C)C)cc2)cc1. The van der Waals surface area contributed by atoms with Crippen LogP contribution in [0.2, 0.25) is 0 Å². The molecule has 4 rings (SSSR count). The van der Waals surface area contributed by atoms with E-state index in [1.807, 2.05) is 44.9 Å². The van der Waals surface area contributed by atoms with Crippen LogP contribution in [0.25, 0.3) is 12.2 Å². The van der Waals surface area contributed by atoms with Crippen molar-refractivity contribution in [1.82, 2.24) is 0 Å². The molecule has 0 saturated carbocycles. The summed E-state index contributed by atoms with van der Waals surface area (Å²) in [6, 6.07) is 25.2. The molecule has 0 spiro atoms. The van der Waals surface area contributed by atoms with Gasteiger partial charge < -0.3 is 14.3 Å². The maximum atomic E-state index is 13.3. The molecule has 0 fully saturated rings. The number of rotatable bonds is 9. The fourth-order valence-corrected chi connectivity index (χ4v) is 6.55. The molecule has 0 radical (unpaired) electrons. The maximum absolute atomic E-state index is 13.3. The summed E-state index contributed by atoms with van der Waals surface area (Å²) in [5.74, 6) is 1.71. The Morgan fingerprint density at radius 2 is 1.04 bits per heavy atom. The van der Waals surface area contributed by atoms with Crippen LogP contribution < -0.4 is 9.47 Å². The van der Waals surface area contributed by atoms with Crippen LogP contribution in [0, 0.1) is 33.6 Å². The number of hydrogen-bond donors (Lipinski definition) is 0. The van der Waals surface area contributed by atoms with Crippen LogP contribution in [0.3, 0.4) is 0 Å². The van der Waals surface area contributed by atoms with Crippen molar-refractivity contribution in [3.8, 4) is 11.5 Å². The van der Waals surface area contributed by atoms with Crippen molar-refractivity contribution >= 4 is 24.9 Å². The Hall–Kier alpha value is -4.44. The summed E-state index contributed by atoms with van der Waals surface area (Å²) in [6.45, 7) is 30.2. The number of ether oxygens (including phenoxy) is 2. The molecule has 4 aromatic rings. The smallest absolute Gasteiger partial charge is 0.343 e. The molecular weight excluding hydrogens is 617 g/mol. The lowest BCUT2D eigenvalue weighted by Gasteiger charge is -2.35. The Labute approximate surface area is 301 Å². The molecule has 1 unspecified atom stereocenters. The van der Waals surface area contributed by atoms with Crippen LogP contribution in [0.15, 0.2) is 72.8 Å². The van der Waals surface area contributed by atoms with Gasteiger partial charge in [0.2, 0.25) is 0 Å². The predicted octanol–water partition coefficient (Wildman–Crippen LogP) is 12.0. The van der Waals surface area contributed by atoms with E-state index < -0.39 is 0 Å². The minimum Gasteiger partial charge on any atom is -0.488 e. The maximum Gasteiger partial charge on any atom is 0.343 e. The zero-order valence-electron chi connectivity index (χ0n) is 32.7. The molecule has 266 valence electrons. The van der Waals surface area contributed by atoms with Crippen molar-refractivity contribution in [1.29, 1.82) is 0 Å². The summed E-state index contributed by atoms with van der Waals surface area (Å²) < 4.78 is 12.4. The number of esters is 1. The Morgan fingerprint density at radius 3 is 1.42 bits per heavy atom. The Bertz CT molecular complexity index is 1750. The highest BCUT2D eigenvalue weighted by Crippen LogP contribution is 2.43. The van der Waals surface area contributed by atoms with Crippen LogP contribution >= 0.6 is 0 Å². The first-order valence-corrected chi connectivity index (χ1v) is 17.6. The lowest BCUT2D eigenvalue weighted by molar-refractivity contribution is -0.0980. The summed E-state index contributed by atoms with van der Waals surface area (Å²) >= 11 is 0. The lowest BCUT2D eigenvalue weighted by atomic mass is 9.70. The molecule has 4 nitrogen and oxygen atoms in total. The van der Waals surface area contributed by atoms with Crippen molar-refractivity contribution in [3.05, 3.63) is 128 Å². The molecule has 0 N–H and O–H groups in total. The van der Waals surface area contributed by atoms with Gasteiger partial charge in [0, 0.05) is 5.41 Å². The van der Waals surface area contributed by atoms with E-state index in [0.29, 0.717) is 17.2 Å². The molecule has 50 heavy (non-hydrogen) atoms. The molecule has 0 bridgehead atoms. The highest BCUT2D eigenvalue weighted by Gasteiger charge is 2.32. The van der Waals surface area contributed by atoms with Gasteiger partial charge >= 0.3 is 5.97 Å². The van der Waals surface area contributed by atoms with Crippen LogP contribution in [-0.2, 0) is 15.6 Å². The summed E-state index contributed by atoms with van der Waals surface area (Å²) in [5.41, 5.74) is 10.3. The molecule has 0 aromatic heterocycles. The zero-order valence-corrected chi connectivity index (χ0v) is 32.7. The van der Waals surface area contributed by atoms with Gasteiger partial charge in [0.1, 0.15) is 23.9 Å². The van der Waals surface area contributed by atoms with Gasteiger partial charge in [0.05, 0.1) is 5.56 Å². The summed E-state index contributed by atoms with van der Waals surface area (Å²) in [6.07, 6.45) is 5.14. The molecule has 0 aliphatic carbocycles. The third-order valence-electron chi connectivity index (χ3n) is 9.01. The van der Waals surface area contributed by atoms with Gasteiger partial charge in [0.15, 0.2) is 0 Å². The van der Waals surface area contributed by atoms with Gasteiger partial charge in [0.25, 0.3) is 0 Å².